The number of nitrogens with zero attached hydrogens (tertiary/aromatic N) is 1. The van der Waals surface area contributed by atoms with Crippen LogP contribution in [0.4, 0.5) is 10.5 Å². The normalized spacial score (nSPS) is 11.8. The summed E-state index contributed by atoms with van der Waals surface area (Å²) in [7, 11) is 1.63. The summed E-state index contributed by atoms with van der Waals surface area (Å²) in [6, 6.07) is 21.0. The van der Waals surface area contributed by atoms with Crippen LogP contribution in [0.25, 0.3) is 0 Å². The Kier molecular flexibility index (Phi) is 5.75. The van der Waals surface area contributed by atoms with Crippen LogP contribution in [0.3, 0.4) is 0 Å². The first-order chi connectivity index (χ1) is 14.6. The van der Waals surface area contributed by atoms with Crippen LogP contribution in [0.1, 0.15) is 16.7 Å². The Hall–Kier alpha value is -3.67. The van der Waals surface area contributed by atoms with E-state index in [1.54, 1.807) is 12.0 Å². The number of benzene rings is 3. The van der Waals surface area contributed by atoms with E-state index < -0.39 is 0 Å². The van der Waals surface area contributed by atoms with Gasteiger partial charge in [0.2, 0.25) is 6.79 Å². The van der Waals surface area contributed by atoms with E-state index in [-0.39, 0.29) is 12.8 Å². The number of fused-ring (bicyclic) bond motifs is 1. The van der Waals surface area contributed by atoms with Gasteiger partial charge in [-0.05, 0) is 54.4 Å². The van der Waals surface area contributed by atoms with Crippen LogP contribution < -0.4 is 19.5 Å². The van der Waals surface area contributed by atoms with Crippen molar-refractivity contribution in [3.8, 4) is 17.2 Å². The minimum absolute atomic E-state index is 0.174. The summed E-state index contributed by atoms with van der Waals surface area (Å²) >= 11 is 0. The average Bonchev–Trinajstić information content (AvgIpc) is 3.23. The summed E-state index contributed by atoms with van der Waals surface area (Å²) in [5, 5.41) is 2.99. The molecule has 1 heterocycles. The van der Waals surface area contributed by atoms with E-state index in [2.05, 4.69) is 5.32 Å². The molecule has 6 nitrogen and oxygen atoms in total. The van der Waals surface area contributed by atoms with Crippen LogP contribution in [0.2, 0.25) is 0 Å². The van der Waals surface area contributed by atoms with Crippen LogP contribution in [-0.2, 0) is 13.1 Å². The van der Waals surface area contributed by atoms with Crippen molar-refractivity contribution in [1.82, 2.24) is 4.90 Å². The van der Waals surface area contributed by atoms with Crippen LogP contribution in [0.5, 0.6) is 17.2 Å². The molecule has 0 atom stereocenters. The molecule has 6 heteroatoms. The molecule has 30 heavy (non-hydrogen) atoms. The van der Waals surface area contributed by atoms with E-state index in [0.717, 1.165) is 33.9 Å². The molecule has 0 unspecified atom stereocenters. The van der Waals surface area contributed by atoms with Crippen molar-refractivity contribution < 1.29 is 19.0 Å². The molecule has 3 aromatic carbocycles. The van der Waals surface area contributed by atoms with Gasteiger partial charge in [-0.1, -0.05) is 35.9 Å². The molecule has 0 aliphatic carbocycles. The van der Waals surface area contributed by atoms with Gasteiger partial charge in [0.05, 0.1) is 7.11 Å². The van der Waals surface area contributed by atoms with Gasteiger partial charge in [-0.2, -0.15) is 0 Å². The summed E-state index contributed by atoms with van der Waals surface area (Å²) in [5.74, 6) is 2.21. The number of rotatable bonds is 6. The molecule has 1 aliphatic heterocycles. The van der Waals surface area contributed by atoms with Crippen molar-refractivity contribution in [2.75, 3.05) is 19.2 Å². The number of nitrogens with one attached hydrogen (secondary N) is 1. The number of hydrogen-bond acceptors (Lipinski definition) is 4. The van der Waals surface area contributed by atoms with Crippen molar-refractivity contribution in [1.29, 1.82) is 0 Å². The minimum atomic E-state index is -0.174. The van der Waals surface area contributed by atoms with Gasteiger partial charge in [-0.15, -0.1) is 0 Å². The van der Waals surface area contributed by atoms with Gasteiger partial charge in [0.25, 0.3) is 0 Å². The lowest BCUT2D eigenvalue weighted by Gasteiger charge is -2.24. The SMILES string of the molecule is COc1ccc(CN(Cc2ccc3c(c2)OCO3)C(=O)Nc2ccc(C)cc2)cc1. The molecular weight excluding hydrogens is 380 g/mol. The Bertz CT molecular complexity index is 1020. The summed E-state index contributed by atoms with van der Waals surface area (Å²) < 4.78 is 16.1. The standard InChI is InChI=1S/C24H24N2O4/c1-17-3-8-20(9-4-17)25-24(27)26(14-18-5-10-21(28-2)11-6-18)15-19-7-12-22-23(13-19)30-16-29-22/h3-13H,14-16H2,1-2H3,(H,25,27). The van der Waals surface area contributed by atoms with E-state index in [0.29, 0.717) is 18.8 Å². The quantitative estimate of drug-likeness (QED) is 0.630. The first kappa shape index (κ1) is 19.6. The molecular formula is C24H24N2O4. The molecule has 3 aromatic rings. The maximum Gasteiger partial charge on any atom is 0.322 e. The second-order valence-corrected chi connectivity index (χ2v) is 7.19. The summed E-state index contributed by atoms with van der Waals surface area (Å²) in [6.07, 6.45) is 0. The predicted octanol–water partition coefficient (Wildman–Crippen LogP) is 4.97. The number of anilines is 1. The maximum absolute atomic E-state index is 13.1. The Balaban J connectivity index is 1.54. The van der Waals surface area contributed by atoms with Crippen molar-refractivity contribution in [2.45, 2.75) is 20.0 Å². The molecule has 0 spiro atoms. The number of hydrogen-bond donors (Lipinski definition) is 1. The zero-order valence-corrected chi connectivity index (χ0v) is 17.1. The molecule has 2 amide bonds. The van der Waals surface area contributed by atoms with Crippen molar-refractivity contribution in [2.24, 2.45) is 0 Å². The Morgan fingerprint density at radius 2 is 1.60 bits per heavy atom. The molecule has 0 fully saturated rings. The number of urea groups is 1. The average molecular weight is 404 g/mol. The highest BCUT2D eigenvalue weighted by Gasteiger charge is 2.18. The van der Waals surface area contributed by atoms with Crippen molar-refractivity contribution in [3.05, 3.63) is 83.4 Å². The predicted molar refractivity (Wildman–Crippen MR) is 115 cm³/mol. The van der Waals surface area contributed by atoms with Gasteiger partial charge in [-0.3, -0.25) is 0 Å². The highest BCUT2D eigenvalue weighted by molar-refractivity contribution is 5.89. The lowest BCUT2D eigenvalue weighted by Crippen LogP contribution is -2.34. The Labute approximate surface area is 176 Å². The minimum Gasteiger partial charge on any atom is -0.497 e. The molecule has 0 saturated heterocycles. The second-order valence-electron chi connectivity index (χ2n) is 7.19. The molecule has 0 radical (unpaired) electrons. The van der Waals surface area contributed by atoms with Crippen LogP contribution >= 0.6 is 0 Å². The number of carbonyl (C=O) groups excluding carboxylic acids is 1. The highest BCUT2D eigenvalue weighted by Crippen LogP contribution is 2.33. The number of carbonyl (C=O) groups is 1. The molecule has 4 rings (SSSR count). The maximum atomic E-state index is 13.1. The molecule has 0 saturated carbocycles. The zero-order chi connectivity index (χ0) is 20.9. The van der Waals surface area contributed by atoms with Crippen molar-refractivity contribution in [3.63, 3.8) is 0 Å². The molecule has 1 N–H and O–H groups in total. The van der Waals surface area contributed by atoms with E-state index in [9.17, 15) is 4.79 Å². The van der Waals surface area contributed by atoms with Gasteiger partial charge in [0, 0.05) is 18.8 Å². The van der Waals surface area contributed by atoms with Gasteiger partial charge in [0.15, 0.2) is 11.5 Å². The van der Waals surface area contributed by atoms with E-state index in [1.807, 2.05) is 73.7 Å². The van der Waals surface area contributed by atoms with Crippen molar-refractivity contribution >= 4 is 11.7 Å². The van der Waals surface area contributed by atoms with Gasteiger partial charge in [-0.25, -0.2) is 4.79 Å². The fourth-order valence-corrected chi connectivity index (χ4v) is 3.25. The van der Waals surface area contributed by atoms with Crippen LogP contribution in [0.15, 0.2) is 66.7 Å². The first-order valence-electron chi connectivity index (χ1n) is 9.75. The van der Waals surface area contributed by atoms with Gasteiger partial charge < -0.3 is 24.4 Å². The Morgan fingerprint density at radius 3 is 2.33 bits per heavy atom. The number of ether oxygens (including phenoxy) is 3. The highest BCUT2D eigenvalue weighted by atomic mass is 16.7. The number of methoxy groups -OCH3 is 1. The zero-order valence-electron chi connectivity index (χ0n) is 17.1. The fraction of sp³-hybridized carbons (Fsp3) is 0.208. The fourth-order valence-electron chi connectivity index (χ4n) is 3.25. The van der Waals surface area contributed by atoms with Crippen LogP contribution in [-0.4, -0.2) is 24.8 Å². The lowest BCUT2D eigenvalue weighted by atomic mass is 10.1. The number of amides is 2. The third-order valence-electron chi connectivity index (χ3n) is 4.93. The third kappa shape index (κ3) is 4.66. The van der Waals surface area contributed by atoms with E-state index in [1.165, 1.54) is 0 Å². The molecule has 0 bridgehead atoms. The molecule has 1 aliphatic rings. The van der Waals surface area contributed by atoms with Crippen LogP contribution in [0, 0.1) is 6.92 Å². The topological polar surface area (TPSA) is 60.0 Å². The first-order valence-corrected chi connectivity index (χ1v) is 9.75. The van der Waals surface area contributed by atoms with E-state index in [4.69, 9.17) is 14.2 Å². The largest absolute Gasteiger partial charge is 0.497 e. The smallest absolute Gasteiger partial charge is 0.322 e. The summed E-state index contributed by atoms with van der Waals surface area (Å²) in [4.78, 5) is 14.9. The van der Waals surface area contributed by atoms with Gasteiger partial charge >= 0.3 is 6.03 Å². The monoisotopic (exact) mass is 404 g/mol. The number of aryl methyl sites for hydroxylation is 1. The summed E-state index contributed by atoms with van der Waals surface area (Å²) in [5.41, 5.74) is 3.88. The summed E-state index contributed by atoms with van der Waals surface area (Å²) in [6.45, 7) is 3.12. The second kappa shape index (κ2) is 8.78. The molecule has 0 aromatic heterocycles. The third-order valence-corrected chi connectivity index (χ3v) is 4.93. The van der Waals surface area contributed by atoms with Gasteiger partial charge in [0.1, 0.15) is 5.75 Å². The van der Waals surface area contributed by atoms with E-state index >= 15 is 0 Å². The lowest BCUT2D eigenvalue weighted by molar-refractivity contribution is 0.174. The Morgan fingerprint density at radius 1 is 0.933 bits per heavy atom. The molecule has 154 valence electrons.